The van der Waals surface area contributed by atoms with E-state index in [1.165, 1.54) is 0 Å². The normalized spacial score (nSPS) is 15.0. The molecule has 4 rings (SSSR count). The van der Waals surface area contributed by atoms with Crippen LogP contribution < -0.4 is 4.90 Å². The molecule has 2 heterocycles. The third-order valence-corrected chi connectivity index (χ3v) is 5.63. The van der Waals surface area contributed by atoms with Crippen molar-refractivity contribution in [2.24, 2.45) is 0 Å². The summed E-state index contributed by atoms with van der Waals surface area (Å²) in [5.74, 6) is -0.0918. The van der Waals surface area contributed by atoms with Crippen molar-refractivity contribution in [3.8, 4) is 0 Å². The zero-order chi connectivity index (χ0) is 19.8. The number of rotatable bonds is 4. The van der Waals surface area contributed by atoms with Crippen LogP contribution in [-0.2, 0) is 4.74 Å². The minimum absolute atomic E-state index is 0.0918. The molecule has 6 nitrogen and oxygen atoms in total. The van der Waals surface area contributed by atoms with Crippen LogP contribution in [0, 0.1) is 0 Å². The standard InChI is InChI=1S/C21H20BrN3O3/c1-13(14-4-3-5-17(11-14)25-8-9-28-21(25)27)24(2)20(26)19-12-15-10-16(22)6-7-18(15)23-19/h3-7,10-13,23H,8-9H2,1-2H3. The quantitative estimate of drug-likeness (QED) is 0.636. The molecule has 0 bridgehead atoms. The number of aromatic nitrogens is 1. The first-order valence-electron chi connectivity index (χ1n) is 9.04. The summed E-state index contributed by atoms with van der Waals surface area (Å²) in [6, 6.07) is 15.2. The van der Waals surface area contributed by atoms with Gasteiger partial charge in [-0.15, -0.1) is 0 Å². The first kappa shape index (κ1) is 18.6. The summed E-state index contributed by atoms with van der Waals surface area (Å²) in [7, 11) is 1.78. The van der Waals surface area contributed by atoms with E-state index in [9.17, 15) is 9.59 Å². The van der Waals surface area contributed by atoms with Gasteiger partial charge in [0.1, 0.15) is 12.3 Å². The van der Waals surface area contributed by atoms with Gasteiger partial charge in [0.05, 0.1) is 12.6 Å². The average molecular weight is 442 g/mol. The van der Waals surface area contributed by atoms with Crippen LogP contribution in [0.15, 0.2) is 53.0 Å². The van der Waals surface area contributed by atoms with Gasteiger partial charge >= 0.3 is 6.09 Å². The van der Waals surface area contributed by atoms with E-state index in [0.29, 0.717) is 18.8 Å². The van der Waals surface area contributed by atoms with Gasteiger partial charge in [0.2, 0.25) is 0 Å². The third-order valence-electron chi connectivity index (χ3n) is 5.14. The zero-order valence-corrected chi connectivity index (χ0v) is 17.2. The van der Waals surface area contributed by atoms with Crippen LogP contribution in [0.25, 0.3) is 10.9 Å². The lowest BCUT2D eigenvalue weighted by Gasteiger charge is -2.26. The summed E-state index contributed by atoms with van der Waals surface area (Å²) < 4.78 is 5.99. The Balaban J connectivity index is 1.57. The van der Waals surface area contributed by atoms with E-state index >= 15 is 0 Å². The fourth-order valence-corrected chi connectivity index (χ4v) is 3.77. The summed E-state index contributed by atoms with van der Waals surface area (Å²) in [6.07, 6.45) is -0.335. The molecule has 2 aromatic carbocycles. The smallest absolute Gasteiger partial charge is 0.414 e. The summed E-state index contributed by atoms with van der Waals surface area (Å²) >= 11 is 3.45. The molecule has 1 aromatic heterocycles. The fraction of sp³-hybridized carbons (Fsp3) is 0.238. The maximum Gasteiger partial charge on any atom is 0.414 e. The number of benzene rings is 2. The van der Waals surface area contributed by atoms with Crippen molar-refractivity contribution in [1.82, 2.24) is 9.88 Å². The highest BCUT2D eigenvalue weighted by Gasteiger charge is 2.25. The lowest BCUT2D eigenvalue weighted by atomic mass is 10.1. The average Bonchev–Trinajstić information content (AvgIpc) is 3.32. The van der Waals surface area contributed by atoms with Gasteiger partial charge in [0, 0.05) is 28.1 Å². The summed E-state index contributed by atoms with van der Waals surface area (Å²) in [6.45, 7) is 2.90. The summed E-state index contributed by atoms with van der Waals surface area (Å²) in [4.78, 5) is 31.3. The van der Waals surface area contributed by atoms with Crippen LogP contribution in [0.3, 0.4) is 0 Å². The number of anilines is 1. The van der Waals surface area contributed by atoms with E-state index in [-0.39, 0.29) is 18.0 Å². The molecule has 1 fully saturated rings. The number of carbonyl (C=O) groups excluding carboxylic acids is 2. The van der Waals surface area contributed by atoms with Crippen LogP contribution in [0.4, 0.5) is 10.5 Å². The van der Waals surface area contributed by atoms with Crippen molar-refractivity contribution in [3.05, 3.63) is 64.3 Å². The predicted octanol–water partition coefficient (Wildman–Crippen LogP) is 4.72. The second kappa shape index (κ2) is 7.31. The third kappa shape index (κ3) is 3.38. The molecule has 1 N–H and O–H groups in total. The van der Waals surface area contributed by atoms with Crippen LogP contribution in [-0.4, -0.2) is 42.1 Å². The van der Waals surface area contributed by atoms with Crippen molar-refractivity contribution in [1.29, 1.82) is 0 Å². The van der Waals surface area contributed by atoms with Crippen molar-refractivity contribution in [2.45, 2.75) is 13.0 Å². The van der Waals surface area contributed by atoms with Crippen LogP contribution in [0.2, 0.25) is 0 Å². The number of amides is 2. The van der Waals surface area contributed by atoms with Gasteiger partial charge in [-0.1, -0.05) is 28.1 Å². The lowest BCUT2D eigenvalue weighted by Crippen LogP contribution is -2.30. The van der Waals surface area contributed by atoms with Gasteiger partial charge in [-0.05, 0) is 48.9 Å². The second-order valence-electron chi connectivity index (χ2n) is 6.87. The largest absolute Gasteiger partial charge is 0.447 e. The van der Waals surface area contributed by atoms with Crippen molar-refractivity contribution < 1.29 is 14.3 Å². The highest BCUT2D eigenvalue weighted by molar-refractivity contribution is 9.10. The van der Waals surface area contributed by atoms with Crippen LogP contribution >= 0.6 is 15.9 Å². The number of H-pyrrole nitrogens is 1. The van der Waals surface area contributed by atoms with Gasteiger partial charge < -0.3 is 14.6 Å². The summed E-state index contributed by atoms with van der Waals surface area (Å²) in [5, 5.41) is 0.980. The van der Waals surface area contributed by atoms with E-state index in [1.54, 1.807) is 16.8 Å². The molecule has 1 aliphatic rings. The first-order chi connectivity index (χ1) is 13.4. The molecule has 1 saturated heterocycles. The molecule has 144 valence electrons. The molecular weight excluding hydrogens is 422 g/mol. The van der Waals surface area contributed by atoms with Gasteiger partial charge in [-0.3, -0.25) is 9.69 Å². The van der Waals surface area contributed by atoms with Gasteiger partial charge in [-0.25, -0.2) is 4.79 Å². The highest BCUT2D eigenvalue weighted by Crippen LogP contribution is 2.27. The number of nitrogens with one attached hydrogen (secondary N) is 1. The maximum atomic E-state index is 13.0. The Morgan fingerprint density at radius 1 is 1.25 bits per heavy atom. The van der Waals surface area contributed by atoms with Gasteiger partial charge in [0.15, 0.2) is 0 Å². The van der Waals surface area contributed by atoms with Crippen LogP contribution in [0.5, 0.6) is 0 Å². The molecule has 28 heavy (non-hydrogen) atoms. The predicted molar refractivity (Wildman–Crippen MR) is 112 cm³/mol. The number of aromatic amines is 1. The molecule has 2 amide bonds. The molecule has 0 spiro atoms. The number of hydrogen-bond donors (Lipinski definition) is 1. The Morgan fingerprint density at radius 2 is 2.07 bits per heavy atom. The molecule has 7 heteroatoms. The molecule has 0 aliphatic carbocycles. The van der Waals surface area contributed by atoms with Crippen LogP contribution in [0.1, 0.15) is 29.0 Å². The number of cyclic esters (lactones) is 1. The number of hydrogen-bond acceptors (Lipinski definition) is 3. The number of carbonyl (C=O) groups is 2. The Morgan fingerprint density at radius 3 is 2.82 bits per heavy atom. The Kier molecular flexibility index (Phi) is 4.85. The van der Waals surface area contributed by atoms with Crippen molar-refractivity contribution in [2.75, 3.05) is 25.1 Å². The number of ether oxygens (including phenoxy) is 1. The molecule has 1 atom stereocenters. The Labute approximate surface area is 171 Å². The molecule has 0 radical (unpaired) electrons. The number of fused-ring (bicyclic) bond motifs is 1. The second-order valence-corrected chi connectivity index (χ2v) is 7.78. The highest BCUT2D eigenvalue weighted by atomic mass is 79.9. The van der Waals surface area contributed by atoms with E-state index in [2.05, 4.69) is 20.9 Å². The zero-order valence-electron chi connectivity index (χ0n) is 15.6. The number of nitrogens with zero attached hydrogens (tertiary/aromatic N) is 2. The van der Waals surface area contributed by atoms with Crippen molar-refractivity contribution in [3.63, 3.8) is 0 Å². The van der Waals surface area contributed by atoms with E-state index in [0.717, 1.165) is 26.6 Å². The number of halogens is 1. The first-order valence-corrected chi connectivity index (χ1v) is 9.83. The fourth-order valence-electron chi connectivity index (χ4n) is 3.39. The monoisotopic (exact) mass is 441 g/mol. The lowest BCUT2D eigenvalue weighted by molar-refractivity contribution is 0.0737. The molecule has 1 unspecified atom stereocenters. The Bertz CT molecular complexity index is 1060. The van der Waals surface area contributed by atoms with Gasteiger partial charge in [0.25, 0.3) is 5.91 Å². The maximum absolute atomic E-state index is 13.0. The van der Waals surface area contributed by atoms with Gasteiger partial charge in [-0.2, -0.15) is 0 Å². The molecule has 3 aromatic rings. The van der Waals surface area contributed by atoms with E-state index in [4.69, 9.17) is 4.74 Å². The molecule has 0 saturated carbocycles. The Hall–Kier alpha value is -2.80. The minimum atomic E-state index is -0.335. The molecular formula is C21H20BrN3O3. The summed E-state index contributed by atoms with van der Waals surface area (Å²) in [5.41, 5.74) is 3.19. The van der Waals surface area contributed by atoms with E-state index < -0.39 is 0 Å². The minimum Gasteiger partial charge on any atom is -0.447 e. The van der Waals surface area contributed by atoms with Crippen molar-refractivity contribution >= 4 is 44.5 Å². The topological polar surface area (TPSA) is 65.6 Å². The SMILES string of the molecule is CC(c1cccc(N2CCOC2=O)c1)N(C)C(=O)c1cc2cc(Br)ccc2[nH]1. The molecule has 1 aliphatic heterocycles. The van der Waals surface area contributed by atoms with E-state index in [1.807, 2.05) is 55.5 Å².